The van der Waals surface area contributed by atoms with Gasteiger partial charge in [0.15, 0.2) is 0 Å². The topological polar surface area (TPSA) is 72.8 Å². The van der Waals surface area contributed by atoms with Crippen LogP contribution in [0.25, 0.3) is 0 Å². The van der Waals surface area contributed by atoms with E-state index in [0.717, 1.165) is 6.42 Å². The molecule has 1 saturated heterocycles. The third-order valence-electron chi connectivity index (χ3n) is 5.66. The summed E-state index contributed by atoms with van der Waals surface area (Å²) in [4.78, 5) is 24.2. The van der Waals surface area contributed by atoms with Gasteiger partial charge < -0.3 is 14.6 Å². The van der Waals surface area contributed by atoms with E-state index in [4.69, 9.17) is 9.47 Å². The average Bonchev–Trinajstić information content (AvgIpc) is 3.22. The molecule has 0 bridgehead atoms. The summed E-state index contributed by atoms with van der Waals surface area (Å²) in [5.74, 6) is 5.28. The highest BCUT2D eigenvalue weighted by molar-refractivity contribution is 5.89. The van der Waals surface area contributed by atoms with Gasteiger partial charge in [-0.2, -0.15) is 0 Å². The van der Waals surface area contributed by atoms with Crippen molar-refractivity contribution in [3.8, 4) is 11.8 Å². The van der Waals surface area contributed by atoms with E-state index in [1.165, 1.54) is 0 Å². The van der Waals surface area contributed by atoms with Gasteiger partial charge in [0.25, 0.3) is 0 Å². The number of fused-ring (bicyclic) bond motifs is 1. The van der Waals surface area contributed by atoms with Crippen molar-refractivity contribution in [1.29, 1.82) is 0 Å². The molecule has 0 radical (unpaired) electrons. The van der Waals surface area contributed by atoms with Crippen molar-refractivity contribution in [2.45, 2.75) is 57.8 Å². The third-order valence-corrected chi connectivity index (χ3v) is 5.66. The van der Waals surface area contributed by atoms with E-state index in [1.807, 2.05) is 26.0 Å². The Labute approximate surface area is 172 Å². The molecule has 1 unspecified atom stereocenters. The highest BCUT2D eigenvalue weighted by Crippen LogP contribution is 2.43. The number of esters is 2. The van der Waals surface area contributed by atoms with E-state index in [1.54, 1.807) is 30.3 Å². The minimum atomic E-state index is -0.649. The predicted octanol–water partition coefficient (Wildman–Crippen LogP) is 3.52. The normalized spacial score (nSPS) is 27.6. The van der Waals surface area contributed by atoms with Crippen LogP contribution in [-0.4, -0.2) is 35.4 Å². The van der Waals surface area contributed by atoms with E-state index < -0.39 is 6.10 Å². The zero-order chi connectivity index (χ0) is 20.8. The van der Waals surface area contributed by atoms with E-state index in [-0.39, 0.29) is 41.9 Å². The van der Waals surface area contributed by atoms with E-state index in [9.17, 15) is 14.7 Å². The Balaban J connectivity index is 1.69. The summed E-state index contributed by atoms with van der Waals surface area (Å²) in [6.07, 6.45) is 4.58. The molecule has 0 amide bonds. The standard InChI is InChI=1S/C24H28O5/c1-3-4-6-9-16(2)20(25)13-12-18-19-14-23(26)28-22(19)15-21(18)29-24(27)17-10-7-5-8-11-17/h5,7-8,10-13,16,18-22,25H,3,9,14-15H2,1-2H3/t16?,18-,19-,20-,21-,22+/m1/s1. The molecule has 29 heavy (non-hydrogen) atoms. The van der Waals surface area contributed by atoms with Crippen LogP contribution >= 0.6 is 0 Å². The molecule has 1 heterocycles. The second kappa shape index (κ2) is 9.76. The Morgan fingerprint density at radius 1 is 1.34 bits per heavy atom. The van der Waals surface area contributed by atoms with Gasteiger partial charge in [0.2, 0.25) is 0 Å². The molecule has 1 aliphatic carbocycles. The highest BCUT2D eigenvalue weighted by atomic mass is 16.6. The summed E-state index contributed by atoms with van der Waals surface area (Å²) < 4.78 is 11.2. The molecule has 1 aromatic rings. The van der Waals surface area contributed by atoms with Gasteiger partial charge in [-0.25, -0.2) is 4.79 Å². The van der Waals surface area contributed by atoms with Gasteiger partial charge in [-0.1, -0.05) is 44.2 Å². The van der Waals surface area contributed by atoms with Crippen LogP contribution < -0.4 is 0 Å². The molecule has 0 aromatic heterocycles. The lowest BCUT2D eigenvalue weighted by Crippen LogP contribution is -2.25. The molecule has 1 aliphatic heterocycles. The number of rotatable bonds is 6. The van der Waals surface area contributed by atoms with Crippen molar-refractivity contribution < 1.29 is 24.2 Å². The van der Waals surface area contributed by atoms with Crippen molar-refractivity contribution in [2.75, 3.05) is 0 Å². The summed E-state index contributed by atoms with van der Waals surface area (Å²) in [5, 5.41) is 10.5. The van der Waals surface area contributed by atoms with Crippen LogP contribution in [0.4, 0.5) is 0 Å². The maximum Gasteiger partial charge on any atom is 0.338 e. The molecule has 2 fully saturated rings. The lowest BCUT2D eigenvalue weighted by Gasteiger charge is -2.21. The number of aliphatic hydroxyl groups excluding tert-OH is 1. The Bertz CT molecular complexity index is 804. The first-order valence-corrected chi connectivity index (χ1v) is 10.3. The molecule has 5 nitrogen and oxygen atoms in total. The zero-order valence-electron chi connectivity index (χ0n) is 16.9. The Morgan fingerprint density at radius 3 is 2.83 bits per heavy atom. The smallest absolute Gasteiger partial charge is 0.338 e. The van der Waals surface area contributed by atoms with Gasteiger partial charge in [-0.15, -0.1) is 11.8 Å². The van der Waals surface area contributed by atoms with Crippen LogP contribution in [0.2, 0.25) is 0 Å². The van der Waals surface area contributed by atoms with Gasteiger partial charge >= 0.3 is 11.9 Å². The Kier molecular flexibility index (Phi) is 7.11. The number of aliphatic hydroxyl groups is 1. The Morgan fingerprint density at radius 2 is 2.10 bits per heavy atom. The highest BCUT2D eigenvalue weighted by Gasteiger charge is 2.50. The Hall–Kier alpha value is -2.58. The molecular weight excluding hydrogens is 368 g/mol. The van der Waals surface area contributed by atoms with Crippen molar-refractivity contribution in [1.82, 2.24) is 0 Å². The van der Waals surface area contributed by atoms with Gasteiger partial charge in [0, 0.05) is 31.1 Å². The maximum absolute atomic E-state index is 12.5. The van der Waals surface area contributed by atoms with Crippen molar-refractivity contribution in [3.05, 3.63) is 48.0 Å². The monoisotopic (exact) mass is 396 g/mol. The average molecular weight is 396 g/mol. The molecule has 3 rings (SSSR count). The number of carbonyl (C=O) groups is 2. The quantitative estimate of drug-likeness (QED) is 0.452. The number of ether oxygens (including phenoxy) is 2. The van der Waals surface area contributed by atoms with Crippen LogP contribution in [0.3, 0.4) is 0 Å². The number of benzene rings is 1. The van der Waals surface area contributed by atoms with E-state index in [2.05, 4.69) is 11.8 Å². The van der Waals surface area contributed by atoms with Crippen LogP contribution in [0, 0.1) is 29.6 Å². The maximum atomic E-state index is 12.5. The molecule has 154 valence electrons. The van der Waals surface area contributed by atoms with Crippen LogP contribution in [0.15, 0.2) is 42.5 Å². The second-order valence-electron chi connectivity index (χ2n) is 7.78. The van der Waals surface area contributed by atoms with E-state index >= 15 is 0 Å². The minimum absolute atomic E-state index is 0.00530. The first kappa shape index (κ1) is 21.1. The minimum Gasteiger partial charge on any atom is -0.462 e. The second-order valence-corrected chi connectivity index (χ2v) is 7.78. The predicted molar refractivity (Wildman–Crippen MR) is 109 cm³/mol. The van der Waals surface area contributed by atoms with Crippen LogP contribution in [0.1, 0.15) is 49.9 Å². The fraction of sp³-hybridized carbons (Fsp3) is 0.500. The van der Waals surface area contributed by atoms with Crippen molar-refractivity contribution >= 4 is 11.9 Å². The van der Waals surface area contributed by atoms with Crippen molar-refractivity contribution in [3.63, 3.8) is 0 Å². The van der Waals surface area contributed by atoms with Crippen LogP contribution in [-0.2, 0) is 14.3 Å². The lowest BCUT2D eigenvalue weighted by molar-refractivity contribution is -0.141. The number of hydrogen-bond donors (Lipinski definition) is 1. The summed E-state index contributed by atoms with van der Waals surface area (Å²) in [6, 6.07) is 8.85. The molecule has 2 aliphatic rings. The first-order valence-electron chi connectivity index (χ1n) is 10.3. The summed E-state index contributed by atoms with van der Waals surface area (Å²) in [7, 11) is 0. The lowest BCUT2D eigenvalue weighted by atomic mass is 9.90. The summed E-state index contributed by atoms with van der Waals surface area (Å²) in [6.45, 7) is 3.94. The van der Waals surface area contributed by atoms with Gasteiger partial charge in [-0.05, 0) is 18.1 Å². The number of carbonyl (C=O) groups excluding carboxylic acids is 2. The van der Waals surface area contributed by atoms with Gasteiger partial charge in [0.05, 0.1) is 18.1 Å². The van der Waals surface area contributed by atoms with E-state index in [0.29, 0.717) is 24.8 Å². The molecular formula is C24H28O5. The third kappa shape index (κ3) is 5.27. The molecule has 1 saturated carbocycles. The van der Waals surface area contributed by atoms with Gasteiger partial charge in [0.1, 0.15) is 12.2 Å². The number of hydrogen-bond acceptors (Lipinski definition) is 5. The zero-order valence-corrected chi connectivity index (χ0v) is 16.9. The summed E-state index contributed by atoms with van der Waals surface area (Å²) >= 11 is 0. The molecule has 1 N–H and O–H groups in total. The first-order chi connectivity index (χ1) is 14.0. The molecule has 6 atom stereocenters. The van der Waals surface area contributed by atoms with Crippen LogP contribution in [0.5, 0.6) is 0 Å². The summed E-state index contributed by atoms with van der Waals surface area (Å²) in [5.41, 5.74) is 0.493. The fourth-order valence-electron chi connectivity index (χ4n) is 3.98. The van der Waals surface area contributed by atoms with Gasteiger partial charge in [-0.3, -0.25) is 4.79 Å². The molecule has 5 heteroatoms. The SMILES string of the molecule is CCC#CCC(C)[C@H](O)C=C[C@@H]1[C@H]2CC(=O)O[C@H]2C[C@H]1OC(=O)c1ccccc1. The largest absolute Gasteiger partial charge is 0.462 e. The van der Waals surface area contributed by atoms with Crippen molar-refractivity contribution in [2.24, 2.45) is 17.8 Å². The molecule has 1 aromatic carbocycles. The molecule has 0 spiro atoms. The fourth-order valence-corrected chi connectivity index (χ4v) is 3.98.